The summed E-state index contributed by atoms with van der Waals surface area (Å²) in [6.07, 6.45) is 1.86. The summed E-state index contributed by atoms with van der Waals surface area (Å²) in [5.74, 6) is -0.205. The van der Waals surface area contributed by atoms with E-state index in [9.17, 15) is 4.79 Å². The highest BCUT2D eigenvalue weighted by Crippen LogP contribution is 2.17. The molecule has 114 valence electrons. The van der Waals surface area contributed by atoms with Crippen LogP contribution in [0.4, 0.5) is 0 Å². The number of carbonyl (C=O) groups is 1. The summed E-state index contributed by atoms with van der Waals surface area (Å²) >= 11 is 0. The van der Waals surface area contributed by atoms with E-state index in [0.29, 0.717) is 6.04 Å². The molecule has 19 heavy (non-hydrogen) atoms. The molecule has 0 aliphatic heterocycles. The summed E-state index contributed by atoms with van der Waals surface area (Å²) in [5.41, 5.74) is -0.621. The van der Waals surface area contributed by atoms with E-state index >= 15 is 0 Å². The molecule has 0 saturated heterocycles. The van der Waals surface area contributed by atoms with Crippen molar-refractivity contribution >= 4 is 5.97 Å². The van der Waals surface area contributed by atoms with Crippen molar-refractivity contribution in [2.45, 2.75) is 38.3 Å². The summed E-state index contributed by atoms with van der Waals surface area (Å²) in [6.45, 7) is 6.15. The molecule has 0 aliphatic rings. The van der Waals surface area contributed by atoms with Crippen LogP contribution in [0.25, 0.3) is 0 Å². The van der Waals surface area contributed by atoms with Crippen molar-refractivity contribution in [3.05, 3.63) is 0 Å². The topological polar surface area (TPSA) is 44.8 Å². The van der Waals surface area contributed by atoms with E-state index in [0.717, 1.165) is 25.9 Å². The molecule has 0 bridgehead atoms. The van der Waals surface area contributed by atoms with E-state index in [2.05, 4.69) is 43.2 Å². The van der Waals surface area contributed by atoms with Crippen LogP contribution in [0.1, 0.15) is 26.7 Å². The third kappa shape index (κ3) is 6.36. The molecule has 0 amide bonds. The molecular formula is C14H31N3O2. The van der Waals surface area contributed by atoms with Crippen LogP contribution in [0.5, 0.6) is 0 Å². The largest absolute Gasteiger partial charge is 0.468 e. The zero-order valence-electron chi connectivity index (χ0n) is 13.6. The normalized spacial score (nSPS) is 16.5. The molecule has 0 saturated carbocycles. The average molecular weight is 273 g/mol. The van der Waals surface area contributed by atoms with E-state index in [-0.39, 0.29) is 5.97 Å². The van der Waals surface area contributed by atoms with Crippen LogP contribution in [0.15, 0.2) is 0 Å². The van der Waals surface area contributed by atoms with E-state index < -0.39 is 5.54 Å². The zero-order chi connectivity index (χ0) is 15.1. The second-order valence-electron chi connectivity index (χ2n) is 5.76. The number of rotatable bonds is 9. The molecule has 0 aliphatic carbocycles. The third-order valence-electron chi connectivity index (χ3n) is 3.76. The number of likely N-dealkylation sites (N-methyl/N-ethyl adjacent to an activating group) is 1. The lowest BCUT2D eigenvalue weighted by Crippen LogP contribution is -2.52. The van der Waals surface area contributed by atoms with Gasteiger partial charge in [0.15, 0.2) is 0 Å². The Labute approximate surface area is 118 Å². The monoisotopic (exact) mass is 273 g/mol. The van der Waals surface area contributed by atoms with Gasteiger partial charge in [-0.05, 0) is 68.0 Å². The second-order valence-corrected chi connectivity index (χ2v) is 5.76. The van der Waals surface area contributed by atoms with E-state index in [4.69, 9.17) is 4.74 Å². The summed E-state index contributed by atoms with van der Waals surface area (Å²) in [7, 11) is 9.50. The van der Waals surface area contributed by atoms with Crippen molar-refractivity contribution in [1.82, 2.24) is 15.1 Å². The minimum Gasteiger partial charge on any atom is -0.468 e. The van der Waals surface area contributed by atoms with Crippen molar-refractivity contribution in [3.63, 3.8) is 0 Å². The fourth-order valence-corrected chi connectivity index (χ4v) is 2.12. The van der Waals surface area contributed by atoms with E-state index in [1.807, 2.05) is 6.92 Å². The van der Waals surface area contributed by atoms with Gasteiger partial charge in [0.2, 0.25) is 0 Å². The number of hydrogen-bond donors (Lipinski definition) is 1. The van der Waals surface area contributed by atoms with Crippen LogP contribution in [0.3, 0.4) is 0 Å². The lowest BCUT2D eigenvalue weighted by Gasteiger charge is -2.33. The Bertz CT molecular complexity index is 271. The van der Waals surface area contributed by atoms with Crippen molar-refractivity contribution in [2.24, 2.45) is 0 Å². The van der Waals surface area contributed by atoms with Crippen molar-refractivity contribution in [1.29, 1.82) is 0 Å². The van der Waals surface area contributed by atoms with Crippen molar-refractivity contribution in [2.75, 3.05) is 48.4 Å². The predicted molar refractivity (Wildman–Crippen MR) is 79.4 cm³/mol. The summed E-state index contributed by atoms with van der Waals surface area (Å²) in [5, 5.41) is 3.08. The first kappa shape index (κ1) is 18.4. The van der Waals surface area contributed by atoms with Crippen LogP contribution >= 0.6 is 0 Å². The molecule has 0 heterocycles. The highest BCUT2D eigenvalue weighted by atomic mass is 16.5. The zero-order valence-corrected chi connectivity index (χ0v) is 13.6. The predicted octanol–water partition coefficient (Wildman–Crippen LogP) is 0.800. The van der Waals surface area contributed by atoms with E-state index in [1.165, 1.54) is 7.11 Å². The molecule has 5 heteroatoms. The fraction of sp³-hybridized carbons (Fsp3) is 0.929. The Balaban J connectivity index is 4.32. The first-order valence-corrected chi connectivity index (χ1v) is 6.89. The molecule has 0 aromatic heterocycles. The Morgan fingerprint density at radius 3 is 2.32 bits per heavy atom. The average Bonchev–Trinajstić information content (AvgIpc) is 2.36. The Morgan fingerprint density at radius 2 is 1.89 bits per heavy atom. The van der Waals surface area contributed by atoms with Gasteiger partial charge in [-0.3, -0.25) is 4.79 Å². The van der Waals surface area contributed by atoms with Crippen LogP contribution < -0.4 is 5.32 Å². The van der Waals surface area contributed by atoms with Crippen molar-refractivity contribution < 1.29 is 9.53 Å². The smallest absolute Gasteiger partial charge is 0.325 e. The van der Waals surface area contributed by atoms with Gasteiger partial charge in [0, 0.05) is 6.04 Å². The Morgan fingerprint density at radius 1 is 1.32 bits per heavy atom. The number of nitrogens with zero attached hydrogens (tertiary/aromatic N) is 2. The van der Waals surface area contributed by atoms with Gasteiger partial charge in [-0.15, -0.1) is 0 Å². The number of nitrogens with one attached hydrogen (secondary N) is 1. The van der Waals surface area contributed by atoms with Gasteiger partial charge in [0.05, 0.1) is 7.11 Å². The molecular weight excluding hydrogens is 242 g/mol. The molecule has 2 atom stereocenters. The minimum atomic E-state index is -0.621. The Hall–Kier alpha value is -0.650. The second kappa shape index (κ2) is 8.51. The van der Waals surface area contributed by atoms with E-state index in [1.54, 1.807) is 7.05 Å². The van der Waals surface area contributed by atoms with Crippen LogP contribution in [-0.2, 0) is 9.53 Å². The summed E-state index contributed by atoms with van der Waals surface area (Å²) < 4.78 is 4.87. The van der Waals surface area contributed by atoms with Gasteiger partial charge in [0.1, 0.15) is 5.54 Å². The number of hydrogen-bond acceptors (Lipinski definition) is 5. The molecule has 0 radical (unpaired) electrons. The number of esters is 1. The van der Waals surface area contributed by atoms with Crippen LogP contribution in [0, 0.1) is 0 Å². The molecule has 0 aromatic rings. The van der Waals surface area contributed by atoms with Gasteiger partial charge in [-0.1, -0.05) is 0 Å². The maximum atomic E-state index is 11.8. The maximum absolute atomic E-state index is 11.8. The first-order chi connectivity index (χ1) is 8.76. The van der Waals surface area contributed by atoms with Gasteiger partial charge in [-0.25, -0.2) is 0 Å². The Kier molecular flexibility index (Phi) is 8.22. The highest BCUT2D eigenvalue weighted by Gasteiger charge is 2.34. The molecule has 0 fully saturated rings. The van der Waals surface area contributed by atoms with Crippen LogP contribution in [-0.4, -0.2) is 75.7 Å². The maximum Gasteiger partial charge on any atom is 0.325 e. The molecule has 2 unspecified atom stereocenters. The standard InChI is InChI=1S/C14H31N3O2/c1-12(17(6)10-8-9-16(4)5)11-14(2,15-3)13(18)19-7/h12,15H,8-11H2,1-7H3. The number of methoxy groups -OCH3 is 1. The van der Waals surface area contributed by atoms with Crippen LogP contribution in [0.2, 0.25) is 0 Å². The van der Waals surface area contributed by atoms with Gasteiger partial charge in [-0.2, -0.15) is 0 Å². The molecule has 0 rings (SSSR count). The van der Waals surface area contributed by atoms with Gasteiger partial charge in [0.25, 0.3) is 0 Å². The van der Waals surface area contributed by atoms with Crippen molar-refractivity contribution in [3.8, 4) is 0 Å². The highest BCUT2D eigenvalue weighted by molar-refractivity contribution is 5.80. The lowest BCUT2D eigenvalue weighted by molar-refractivity contribution is -0.148. The fourth-order valence-electron chi connectivity index (χ4n) is 2.12. The summed E-state index contributed by atoms with van der Waals surface area (Å²) in [6, 6.07) is 0.318. The summed E-state index contributed by atoms with van der Waals surface area (Å²) in [4.78, 5) is 16.3. The minimum absolute atomic E-state index is 0.205. The molecule has 5 nitrogen and oxygen atoms in total. The molecule has 0 spiro atoms. The molecule has 0 aromatic carbocycles. The number of carbonyl (C=O) groups excluding carboxylic acids is 1. The van der Waals surface area contributed by atoms with Gasteiger partial charge >= 0.3 is 5.97 Å². The molecule has 1 N–H and O–H groups in total. The quantitative estimate of drug-likeness (QED) is 0.630. The first-order valence-electron chi connectivity index (χ1n) is 6.89. The van der Waals surface area contributed by atoms with Gasteiger partial charge < -0.3 is 19.9 Å². The SMILES string of the molecule is CNC(C)(CC(C)N(C)CCCN(C)C)C(=O)OC. The third-order valence-corrected chi connectivity index (χ3v) is 3.76. The number of ether oxygens (including phenoxy) is 1. The lowest BCUT2D eigenvalue weighted by atomic mass is 9.93.